The van der Waals surface area contributed by atoms with E-state index in [0.29, 0.717) is 6.42 Å². The van der Waals surface area contributed by atoms with Gasteiger partial charge in [-0.1, -0.05) is 48.9 Å². The minimum atomic E-state index is 0.104. The zero-order valence-electron chi connectivity index (χ0n) is 10.2. The van der Waals surface area contributed by atoms with Gasteiger partial charge in [0.15, 0.2) is 5.78 Å². The van der Waals surface area contributed by atoms with Gasteiger partial charge in [0.1, 0.15) is 0 Å². The van der Waals surface area contributed by atoms with E-state index in [9.17, 15) is 4.79 Å². The van der Waals surface area contributed by atoms with Crippen molar-refractivity contribution in [1.29, 1.82) is 0 Å². The van der Waals surface area contributed by atoms with Gasteiger partial charge in [0, 0.05) is 17.0 Å². The highest BCUT2D eigenvalue weighted by Crippen LogP contribution is 2.23. The summed E-state index contributed by atoms with van der Waals surface area (Å²) in [5.41, 5.74) is 1.92. The Morgan fingerprint density at radius 3 is 2.76 bits per heavy atom. The minimum absolute atomic E-state index is 0.104. The second-order valence-electron chi connectivity index (χ2n) is 4.07. The molecule has 17 heavy (non-hydrogen) atoms. The van der Waals surface area contributed by atoms with Crippen LogP contribution in [-0.2, 0) is 4.79 Å². The molecule has 0 aromatic rings. The first-order chi connectivity index (χ1) is 8.04. The van der Waals surface area contributed by atoms with Crippen LogP contribution in [0.25, 0.3) is 0 Å². The molecule has 0 aromatic carbocycles. The summed E-state index contributed by atoms with van der Waals surface area (Å²) < 4.78 is 0. The summed E-state index contributed by atoms with van der Waals surface area (Å²) >= 11 is 5.98. The van der Waals surface area contributed by atoms with E-state index < -0.39 is 0 Å². The molecule has 0 radical (unpaired) electrons. The highest BCUT2D eigenvalue weighted by Gasteiger charge is 2.11. The Balaban J connectivity index is 2.81. The van der Waals surface area contributed by atoms with E-state index in [-0.39, 0.29) is 11.7 Å². The smallest absolute Gasteiger partial charge is 0.159 e. The molecule has 0 saturated heterocycles. The van der Waals surface area contributed by atoms with E-state index in [0.717, 1.165) is 16.2 Å². The summed E-state index contributed by atoms with van der Waals surface area (Å²) in [6, 6.07) is 0. The molecule has 0 amide bonds. The monoisotopic (exact) mass is 248 g/mol. The molecule has 0 heterocycles. The Labute approximate surface area is 108 Å². The zero-order valence-corrected chi connectivity index (χ0v) is 11.0. The maximum atomic E-state index is 11.2. The highest BCUT2D eigenvalue weighted by molar-refractivity contribution is 6.29. The van der Waals surface area contributed by atoms with Crippen LogP contribution in [0, 0.1) is 5.92 Å². The lowest BCUT2D eigenvalue weighted by Crippen LogP contribution is -2.04. The molecule has 2 heteroatoms. The van der Waals surface area contributed by atoms with Crippen molar-refractivity contribution >= 4 is 17.4 Å². The Hall–Kier alpha value is -1.34. The number of rotatable bonds is 4. The van der Waals surface area contributed by atoms with Crippen LogP contribution >= 0.6 is 11.6 Å². The molecule has 1 unspecified atom stereocenters. The number of allylic oxidation sites excluding steroid dienone is 9. The van der Waals surface area contributed by atoms with Crippen molar-refractivity contribution in [3.8, 4) is 0 Å². The molecule has 0 aliphatic heterocycles. The molecule has 90 valence electrons. The Morgan fingerprint density at radius 2 is 2.24 bits per heavy atom. The number of carbonyl (C=O) groups is 1. The van der Waals surface area contributed by atoms with Gasteiger partial charge < -0.3 is 0 Å². The lowest BCUT2D eigenvalue weighted by molar-refractivity contribution is -0.113. The standard InChI is InChI=1S/C15H17ClO/c1-4-5-15(16)9-8-13-6-7-14(12(3)17)10-11(13)2/h4,6-11H,1,5H2,2-3H3/b13-8-,15-9+. The van der Waals surface area contributed by atoms with Crippen molar-refractivity contribution in [1.82, 2.24) is 0 Å². The minimum Gasteiger partial charge on any atom is -0.295 e. The normalized spacial score (nSPS) is 22.5. The molecule has 1 aliphatic rings. The number of halogens is 1. The summed E-state index contributed by atoms with van der Waals surface area (Å²) in [7, 11) is 0. The molecule has 0 fully saturated rings. The van der Waals surface area contributed by atoms with E-state index in [2.05, 4.69) is 13.5 Å². The molecule has 1 atom stereocenters. The summed E-state index contributed by atoms with van der Waals surface area (Å²) in [5, 5.41) is 0.759. The van der Waals surface area contributed by atoms with Gasteiger partial charge in [-0.25, -0.2) is 0 Å². The van der Waals surface area contributed by atoms with Crippen molar-refractivity contribution in [2.24, 2.45) is 5.92 Å². The van der Waals surface area contributed by atoms with Gasteiger partial charge >= 0.3 is 0 Å². The van der Waals surface area contributed by atoms with Crippen molar-refractivity contribution in [3.63, 3.8) is 0 Å². The third kappa shape index (κ3) is 4.20. The van der Waals surface area contributed by atoms with Crippen molar-refractivity contribution in [2.45, 2.75) is 20.3 Å². The number of hydrogen-bond acceptors (Lipinski definition) is 1. The molecule has 0 saturated carbocycles. The van der Waals surface area contributed by atoms with Gasteiger partial charge in [-0.3, -0.25) is 4.79 Å². The van der Waals surface area contributed by atoms with Gasteiger partial charge in [-0.15, -0.1) is 6.58 Å². The first-order valence-electron chi connectivity index (χ1n) is 5.62. The molecular weight excluding hydrogens is 232 g/mol. The lowest BCUT2D eigenvalue weighted by atomic mass is 9.91. The topological polar surface area (TPSA) is 17.1 Å². The quantitative estimate of drug-likeness (QED) is 0.677. The summed E-state index contributed by atoms with van der Waals surface area (Å²) in [6.07, 6.45) is 12.1. The summed E-state index contributed by atoms with van der Waals surface area (Å²) in [6.45, 7) is 7.28. The number of ketones is 1. The van der Waals surface area contributed by atoms with Crippen LogP contribution in [0.3, 0.4) is 0 Å². The van der Waals surface area contributed by atoms with E-state index >= 15 is 0 Å². The van der Waals surface area contributed by atoms with Crippen LogP contribution in [0.15, 0.2) is 59.2 Å². The second kappa shape index (κ2) is 6.41. The summed E-state index contributed by atoms with van der Waals surface area (Å²) in [4.78, 5) is 11.2. The molecule has 1 rings (SSSR count). The maximum absolute atomic E-state index is 11.2. The maximum Gasteiger partial charge on any atom is 0.159 e. The molecule has 0 N–H and O–H groups in total. The fourth-order valence-electron chi connectivity index (χ4n) is 1.59. The molecule has 1 nitrogen and oxygen atoms in total. The van der Waals surface area contributed by atoms with Crippen LogP contribution in [0.5, 0.6) is 0 Å². The zero-order chi connectivity index (χ0) is 12.8. The number of Topliss-reactive ketones (excluding diaryl/α,β-unsaturated/α-hetero) is 1. The Bertz CT molecular complexity index is 436. The largest absolute Gasteiger partial charge is 0.295 e. The van der Waals surface area contributed by atoms with E-state index in [4.69, 9.17) is 11.6 Å². The van der Waals surface area contributed by atoms with E-state index in [1.54, 1.807) is 13.0 Å². The van der Waals surface area contributed by atoms with Gasteiger partial charge in [0.25, 0.3) is 0 Å². The van der Waals surface area contributed by atoms with Gasteiger partial charge in [-0.2, -0.15) is 0 Å². The SMILES string of the molecule is C=CC/C(Cl)=C\C=C1\C=CC(C(C)=O)=CC1C. The first-order valence-corrected chi connectivity index (χ1v) is 6.00. The first kappa shape index (κ1) is 13.7. The fourth-order valence-corrected chi connectivity index (χ4v) is 1.77. The third-order valence-corrected chi connectivity index (χ3v) is 2.89. The molecule has 1 aliphatic carbocycles. The van der Waals surface area contributed by atoms with Gasteiger partial charge in [0.05, 0.1) is 0 Å². The lowest BCUT2D eigenvalue weighted by Gasteiger charge is -2.14. The van der Waals surface area contributed by atoms with Crippen molar-refractivity contribution < 1.29 is 4.79 Å². The summed E-state index contributed by atoms with van der Waals surface area (Å²) in [5.74, 6) is 0.343. The number of carbonyl (C=O) groups excluding carboxylic acids is 1. The molecule has 0 bridgehead atoms. The van der Waals surface area contributed by atoms with Crippen LogP contribution in [0.4, 0.5) is 0 Å². The second-order valence-corrected chi connectivity index (χ2v) is 4.56. The average molecular weight is 249 g/mol. The number of hydrogen-bond donors (Lipinski definition) is 0. The Morgan fingerprint density at radius 1 is 1.53 bits per heavy atom. The third-order valence-electron chi connectivity index (χ3n) is 2.61. The molecule has 0 aromatic heterocycles. The molecule has 0 spiro atoms. The van der Waals surface area contributed by atoms with Gasteiger partial charge in [0.2, 0.25) is 0 Å². The predicted octanol–water partition coefficient (Wildman–Crippen LogP) is 4.33. The highest BCUT2D eigenvalue weighted by atomic mass is 35.5. The van der Waals surface area contributed by atoms with E-state index in [1.807, 2.05) is 30.4 Å². The van der Waals surface area contributed by atoms with Crippen LogP contribution in [0.2, 0.25) is 0 Å². The van der Waals surface area contributed by atoms with Crippen molar-refractivity contribution in [3.05, 3.63) is 59.2 Å². The average Bonchev–Trinajstić information content (AvgIpc) is 2.27. The van der Waals surface area contributed by atoms with Gasteiger partial charge in [-0.05, 0) is 24.5 Å². The Kier molecular flexibility index (Phi) is 5.17. The molecular formula is C15H17ClO. The van der Waals surface area contributed by atoms with Crippen LogP contribution < -0.4 is 0 Å². The fraction of sp³-hybridized carbons (Fsp3) is 0.267. The predicted molar refractivity (Wildman–Crippen MR) is 73.9 cm³/mol. The van der Waals surface area contributed by atoms with Crippen LogP contribution in [0.1, 0.15) is 20.3 Å². The van der Waals surface area contributed by atoms with Crippen molar-refractivity contribution in [2.75, 3.05) is 0 Å². The van der Waals surface area contributed by atoms with Crippen LogP contribution in [-0.4, -0.2) is 5.78 Å². The van der Waals surface area contributed by atoms with E-state index in [1.165, 1.54) is 0 Å².